The zero-order chi connectivity index (χ0) is 12.7. The molecule has 0 radical (unpaired) electrons. The number of halogens is 1. The summed E-state index contributed by atoms with van der Waals surface area (Å²) in [4.78, 5) is 14.1. The first-order chi connectivity index (χ1) is 8.13. The molecule has 1 rings (SSSR count). The SMILES string of the molecule is CCCCCCNc1nc(Cl)nc(N(C)C)n1. The van der Waals surface area contributed by atoms with Crippen molar-refractivity contribution >= 4 is 23.5 Å². The summed E-state index contributed by atoms with van der Waals surface area (Å²) in [5.41, 5.74) is 0. The van der Waals surface area contributed by atoms with Crippen LogP contribution in [0.2, 0.25) is 5.28 Å². The standard InChI is InChI=1S/C11H20ClN5/c1-4-5-6-7-8-13-10-14-9(12)15-11(16-10)17(2)3/h4-8H2,1-3H3,(H,13,14,15,16). The van der Waals surface area contributed by atoms with E-state index in [0.29, 0.717) is 11.9 Å². The van der Waals surface area contributed by atoms with E-state index in [2.05, 4.69) is 27.2 Å². The van der Waals surface area contributed by atoms with Crippen LogP contribution in [0, 0.1) is 0 Å². The van der Waals surface area contributed by atoms with E-state index in [9.17, 15) is 0 Å². The molecule has 96 valence electrons. The highest BCUT2D eigenvalue weighted by molar-refractivity contribution is 6.28. The summed E-state index contributed by atoms with van der Waals surface area (Å²) in [5, 5.41) is 3.39. The molecule has 0 aliphatic heterocycles. The number of hydrogen-bond donors (Lipinski definition) is 1. The summed E-state index contributed by atoms with van der Waals surface area (Å²) in [6, 6.07) is 0. The van der Waals surface area contributed by atoms with E-state index in [-0.39, 0.29) is 5.28 Å². The molecule has 0 aliphatic carbocycles. The molecule has 0 fully saturated rings. The lowest BCUT2D eigenvalue weighted by atomic mass is 10.2. The molecule has 0 unspecified atom stereocenters. The fourth-order valence-electron chi connectivity index (χ4n) is 1.37. The summed E-state index contributed by atoms with van der Waals surface area (Å²) in [5.74, 6) is 1.12. The van der Waals surface area contributed by atoms with Gasteiger partial charge >= 0.3 is 0 Å². The van der Waals surface area contributed by atoms with Gasteiger partial charge in [0.05, 0.1) is 0 Å². The maximum atomic E-state index is 5.83. The lowest BCUT2D eigenvalue weighted by Gasteiger charge is -2.11. The maximum absolute atomic E-state index is 5.83. The number of anilines is 2. The Balaban J connectivity index is 2.47. The summed E-state index contributed by atoms with van der Waals surface area (Å²) in [6.07, 6.45) is 4.85. The van der Waals surface area contributed by atoms with E-state index in [1.807, 2.05) is 14.1 Å². The van der Waals surface area contributed by atoms with Crippen molar-refractivity contribution in [2.24, 2.45) is 0 Å². The highest BCUT2D eigenvalue weighted by Gasteiger charge is 2.05. The molecule has 0 atom stereocenters. The second-order valence-electron chi connectivity index (χ2n) is 4.11. The van der Waals surface area contributed by atoms with Crippen LogP contribution in [0.25, 0.3) is 0 Å². The molecule has 6 heteroatoms. The van der Waals surface area contributed by atoms with E-state index in [1.165, 1.54) is 19.3 Å². The van der Waals surface area contributed by atoms with Gasteiger partial charge in [-0.25, -0.2) is 0 Å². The lowest BCUT2D eigenvalue weighted by Crippen LogP contribution is -2.15. The Morgan fingerprint density at radius 2 is 1.88 bits per heavy atom. The summed E-state index contributed by atoms with van der Waals surface area (Å²) < 4.78 is 0. The Hall–Kier alpha value is -1.10. The normalized spacial score (nSPS) is 10.4. The van der Waals surface area contributed by atoms with Crippen molar-refractivity contribution in [1.29, 1.82) is 0 Å². The Kier molecular flexibility index (Phi) is 5.97. The minimum absolute atomic E-state index is 0.222. The number of nitrogens with zero attached hydrogens (tertiary/aromatic N) is 4. The molecular weight excluding hydrogens is 238 g/mol. The average molecular weight is 258 g/mol. The van der Waals surface area contributed by atoms with Crippen molar-refractivity contribution in [3.8, 4) is 0 Å². The van der Waals surface area contributed by atoms with Crippen LogP contribution in [0.3, 0.4) is 0 Å². The third-order valence-corrected chi connectivity index (χ3v) is 2.48. The van der Waals surface area contributed by atoms with Crippen molar-refractivity contribution in [2.45, 2.75) is 32.6 Å². The average Bonchev–Trinajstić information content (AvgIpc) is 2.28. The van der Waals surface area contributed by atoms with E-state index >= 15 is 0 Å². The number of nitrogens with one attached hydrogen (secondary N) is 1. The van der Waals surface area contributed by atoms with Crippen LogP contribution in [-0.4, -0.2) is 35.6 Å². The zero-order valence-electron chi connectivity index (χ0n) is 10.7. The first kappa shape index (κ1) is 14.0. The quantitative estimate of drug-likeness (QED) is 0.761. The molecule has 1 aromatic heterocycles. The van der Waals surface area contributed by atoms with Gasteiger partial charge in [0.15, 0.2) is 0 Å². The fourth-order valence-corrected chi connectivity index (χ4v) is 1.53. The first-order valence-electron chi connectivity index (χ1n) is 5.96. The van der Waals surface area contributed by atoms with E-state index in [4.69, 9.17) is 11.6 Å². The summed E-state index contributed by atoms with van der Waals surface area (Å²) >= 11 is 5.83. The molecule has 0 bridgehead atoms. The van der Waals surface area contributed by atoms with Gasteiger partial charge < -0.3 is 10.2 Å². The van der Waals surface area contributed by atoms with Crippen molar-refractivity contribution in [3.05, 3.63) is 5.28 Å². The zero-order valence-corrected chi connectivity index (χ0v) is 11.5. The Morgan fingerprint density at radius 1 is 1.12 bits per heavy atom. The van der Waals surface area contributed by atoms with Crippen LogP contribution in [0.15, 0.2) is 0 Å². The summed E-state index contributed by atoms with van der Waals surface area (Å²) in [6.45, 7) is 3.07. The largest absolute Gasteiger partial charge is 0.354 e. The maximum Gasteiger partial charge on any atom is 0.230 e. The molecule has 0 aliphatic rings. The molecular formula is C11H20ClN5. The first-order valence-corrected chi connectivity index (χ1v) is 6.34. The molecule has 5 nitrogen and oxygen atoms in total. The van der Waals surface area contributed by atoms with Gasteiger partial charge in [-0.15, -0.1) is 0 Å². The lowest BCUT2D eigenvalue weighted by molar-refractivity contribution is 0.683. The molecule has 1 heterocycles. The third-order valence-electron chi connectivity index (χ3n) is 2.31. The predicted molar refractivity (Wildman–Crippen MR) is 71.8 cm³/mol. The fraction of sp³-hybridized carbons (Fsp3) is 0.727. The molecule has 0 aromatic carbocycles. The smallest absolute Gasteiger partial charge is 0.230 e. The van der Waals surface area contributed by atoms with E-state index in [1.54, 1.807) is 4.90 Å². The highest BCUT2D eigenvalue weighted by atomic mass is 35.5. The Labute approximate surface area is 108 Å². The second kappa shape index (κ2) is 7.27. The predicted octanol–water partition coefficient (Wildman–Crippen LogP) is 2.58. The molecule has 1 aromatic rings. The third kappa shape index (κ3) is 5.17. The Bertz CT molecular complexity index is 343. The van der Waals surface area contributed by atoms with Gasteiger partial charge in [-0.1, -0.05) is 26.2 Å². The molecule has 1 N–H and O–H groups in total. The van der Waals surface area contributed by atoms with Crippen LogP contribution >= 0.6 is 11.6 Å². The van der Waals surface area contributed by atoms with Gasteiger partial charge in [0, 0.05) is 20.6 Å². The van der Waals surface area contributed by atoms with Gasteiger partial charge in [-0.2, -0.15) is 15.0 Å². The van der Waals surface area contributed by atoms with Crippen LogP contribution in [-0.2, 0) is 0 Å². The minimum Gasteiger partial charge on any atom is -0.354 e. The summed E-state index contributed by atoms with van der Waals surface area (Å²) in [7, 11) is 3.74. The highest BCUT2D eigenvalue weighted by Crippen LogP contribution is 2.11. The number of rotatable bonds is 7. The van der Waals surface area contributed by atoms with Gasteiger partial charge in [0.25, 0.3) is 0 Å². The monoisotopic (exact) mass is 257 g/mol. The number of aromatic nitrogens is 3. The molecule has 0 saturated carbocycles. The van der Waals surface area contributed by atoms with Gasteiger partial charge in [-0.3, -0.25) is 0 Å². The van der Waals surface area contributed by atoms with Crippen LogP contribution < -0.4 is 10.2 Å². The van der Waals surface area contributed by atoms with Crippen molar-refractivity contribution in [2.75, 3.05) is 30.9 Å². The van der Waals surface area contributed by atoms with Gasteiger partial charge in [-0.05, 0) is 18.0 Å². The molecule has 0 saturated heterocycles. The topological polar surface area (TPSA) is 53.9 Å². The molecule has 0 spiro atoms. The van der Waals surface area contributed by atoms with Crippen molar-refractivity contribution in [1.82, 2.24) is 15.0 Å². The molecule has 17 heavy (non-hydrogen) atoms. The van der Waals surface area contributed by atoms with Crippen LogP contribution in [0.1, 0.15) is 32.6 Å². The van der Waals surface area contributed by atoms with Gasteiger partial charge in [0.2, 0.25) is 17.2 Å². The van der Waals surface area contributed by atoms with Crippen molar-refractivity contribution < 1.29 is 0 Å². The van der Waals surface area contributed by atoms with Gasteiger partial charge in [0.1, 0.15) is 0 Å². The Morgan fingerprint density at radius 3 is 2.53 bits per heavy atom. The molecule has 0 amide bonds. The van der Waals surface area contributed by atoms with E-state index in [0.717, 1.165) is 13.0 Å². The number of unbranched alkanes of at least 4 members (excludes halogenated alkanes) is 3. The number of hydrogen-bond acceptors (Lipinski definition) is 5. The van der Waals surface area contributed by atoms with Crippen LogP contribution in [0.5, 0.6) is 0 Å². The minimum atomic E-state index is 0.222. The second-order valence-corrected chi connectivity index (χ2v) is 4.45. The van der Waals surface area contributed by atoms with E-state index < -0.39 is 0 Å². The van der Waals surface area contributed by atoms with Crippen molar-refractivity contribution in [3.63, 3.8) is 0 Å². The van der Waals surface area contributed by atoms with Crippen LogP contribution in [0.4, 0.5) is 11.9 Å².